The van der Waals surface area contributed by atoms with Gasteiger partial charge in [0.15, 0.2) is 6.10 Å². The van der Waals surface area contributed by atoms with Crippen molar-refractivity contribution in [2.24, 2.45) is 11.3 Å². The first-order valence-corrected chi connectivity index (χ1v) is 6.77. The topological polar surface area (TPSA) is 75.6 Å². The molecule has 0 spiro atoms. The van der Waals surface area contributed by atoms with Gasteiger partial charge in [0.2, 0.25) is 5.91 Å². The van der Waals surface area contributed by atoms with E-state index in [4.69, 9.17) is 9.84 Å². The first-order valence-electron chi connectivity index (χ1n) is 6.77. The van der Waals surface area contributed by atoms with Gasteiger partial charge in [-0.3, -0.25) is 4.79 Å². The van der Waals surface area contributed by atoms with Crippen LogP contribution < -0.4 is 5.32 Å². The van der Waals surface area contributed by atoms with E-state index in [0.717, 1.165) is 12.5 Å². The van der Waals surface area contributed by atoms with E-state index in [9.17, 15) is 9.59 Å². The van der Waals surface area contributed by atoms with Gasteiger partial charge >= 0.3 is 5.97 Å². The molecule has 3 aliphatic rings. The number of ether oxygens (including phenoxy) is 1. The van der Waals surface area contributed by atoms with Crippen molar-refractivity contribution < 1.29 is 19.4 Å². The van der Waals surface area contributed by atoms with Crippen LogP contribution >= 0.6 is 0 Å². The molecule has 0 bridgehead atoms. The predicted octanol–water partition coefficient (Wildman–Crippen LogP) is 0.925. The second-order valence-corrected chi connectivity index (χ2v) is 5.88. The smallest absolute Gasteiger partial charge is 0.332 e. The van der Waals surface area contributed by atoms with Crippen LogP contribution in [0.3, 0.4) is 0 Å². The molecule has 1 saturated heterocycles. The lowest BCUT2D eigenvalue weighted by atomic mass is 10.0. The van der Waals surface area contributed by atoms with Crippen molar-refractivity contribution in [3.8, 4) is 0 Å². The molecule has 0 radical (unpaired) electrons. The molecule has 100 valence electrons. The van der Waals surface area contributed by atoms with Gasteiger partial charge in [-0.25, -0.2) is 4.79 Å². The van der Waals surface area contributed by atoms with Gasteiger partial charge in [0.1, 0.15) is 6.10 Å². The minimum atomic E-state index is -0.970. The Balaban J connectivity index is 1.46. The molecule has 1 heterocycles. The molecule has 1 amide bonds. The molecular weight excluding hydrogens is 234 g/mol. The Morgan fingerprint density at radius 1 is 1.17 bits per heavy atom. The van der Waals surface area contributed by atoms with Gasteiger partial charge in [-0.2, -0.15) is 0 Å². The van der Waals surface area contributed by atoms with Crippen LogP contribution in [0.4, 0.5) is 0 Å². The van der Waals surface area contributed by atoms with Crippen molar-refractivity contribution in [3.63, 3.8) is 0 Å². The lowest BCUT2D eigenvalue weighted by molar-refractivity contribution is -0.151. The molecule has 0 aromatic carbocycles. The molecule has 5 heteroatoms. The fourth-order valence-corrected chi connectivity index (χ4v) is 2.97. The molecule has 0 unspecified atom stereocenters. The maximum absolute atomic E-state index is 11.9. The van der Waals surface area contributed by atoms with Crippen LogP contribution in [0.1, 0.15) is 38.5 Å². The van der Waals surface area contributed by atoms with E-state index < -0.39 is 18.2 Å². The second-order valence-electron chi connectivity index (χ2n) is 5.88. The van der Waals surface area contributed by atoms with E-state index in [-0.39, 0.29) is 5.91 Å². The third-order valence-electron chi connectivity index (χ3n) is 4.54. The summed E-state index contributed by atoms with van der Waals surface area (Å²) < 4.78 is 5.23. The average molecular weight is 253 g/mol. The van der Waals surface area contributed by atoms with Crippen LogP contribution in [-0.4, -0.2) is 35.7 Å². The molecule has 1 aliphatic heterocycles. The second kappa shape index (κ2) is 4.23. The zero-order chi connectivity index (χ0) is 12.8. The van der Waals surface area contributed by atoms with Gasteiger partial charge in [-0.05, 0) is 49.9 Å². The summed E-state index contributed by atoms with van der Waals surface area (Å²) >= 11 is 0. The van der Waals surface area contributed by atoms with Gasteiger partial charge in [-0.1, -0.05) is 0 Å². The van der Waals surface area contributed by atoms with Crippen molar-refractivity contribution in [2.75, 3.05) is 6.54 Å². The van der Waals surface area contributed by atoms with Crippen molar-refractivity contribution >= 4 is 11.9 Å². The molecule has 2 saturated carbocycles. The highest BCUT2D eigenvalue weighted by Gasteiger charge is 2.53. The lowest BCUT2D eigenvalue weighted by Gasteiger charge is -2.17. The maximum atomic E-state index is 11.9. The molecule has 0 aromatic rings. The van der Waals surface area contributed by atoms with Gasteiger partial charge in [0, 0.05) is 6.54 Å². The SMILES string of the molecule is O=C(NCC1(C2CC2)CC1)[C@@H]1CC[C@H](C(=O)O)O1. The largest absolute Gasteiger partial charge is 0.479 e. The Morgan fingerprint density at radius 3 is 2.33 bits per heavy atom. The van der Waals surface area contributed by atoms with Gasteiger partial charge in [0.05, 0.1) is 0 Å². The van der Waals surface area contributed by atoms with E-state index in [1.165, 1.54) is 25.7 Å². The van der Waals surface area contributed by atoms with Crippen molar-refractivity contribution in [2.45, 2.75) is 50.7 Å². The monoisotopic (exact) mass is 253 g/mol. The van der Waals surface area contributed by atoms with E-state index in [1.807, 2.05) is 0 Å². The first-order chi connectivity index (χ1) is 8.61. The maximum Gasteiger partial charge on any atom is 0.332 e. The summed E-state index contributed by atoms with van der Waals surface area (Å²) in [4.78, 5) is 22.6. The predicted molar refractivity (Wildman–Crippen MR) is 62.9 cm³/mol. The van der Waals surface area contributed by atoms with Crippen molar-refractivity contribution in [1.29, 1.82) is 0 Å². The van der Waals surface area contributed by atoms with Crippen molar-refractivity contribution in [1.82, 2.24) is 5.32 Å². The van der Waals surface area contributed by atoms with Crippen LogP contribution in [0.25, 0.3) is 0 Å². The van der Waals surface area contributed by atoms with Crippen LogP contribution in [0.2, 0.25) is 0 Å². The Hall–Kier alpha value is -1.10. The summed E-state index contributed by atoms with van der Waals surface area (Å²) in [6.07, 6.45) is 4.62. The summed E-state index contributed by atoms with van der Waals surface area (Å²) in [5.74, 6) is -0.290. The minimum absolute atomic E-state index is 0.134. The highest BCUT2D eigenvalue weighted by molar-refractivity contribution is 5.82. The molecule has 0 aromatic heterocycles. The van der Waals surface area contributed by atoms with Crippen LogP contribution in [0, 0.1) is 11.3 Å². The van der Waals surface area contributed by atoms with Crippen LogP contribution in [0.5, 0.6) is 0 Å². The summed E-state index contributed by atoms with van der Waals surface area (Å²) in [6.45, 7) is 0.744. The molecule has 2 aliphatic carbocycles. The van der Waals surface area contributed by atoms with Gasteiger partial charge < -0.3 is 15.2 Å². The molecule has 2 atom stereocenters. The third-order valence-corrected chi connectivity index (χ3v) is 4.54. The highest BCUT2D eigenvalue weighted by Crippen LogP contribution is 2.60. The zero-order valence-electron chi connectivity index (χ0n) is 10.4. The van der Waals surface area contributed by atoms with Crippen LogP contribution in [0.15, 0.2) is 0 Å². The average Bonchev–Trinajstić information content (AvgIpc) is 3.23. The quantitative estimate of drug-likeness (QED) is 0.764. The number of carbonyl (C=O) groups excluding carboxylic acids is 1. The summed E-state index contributed by atoms with van der Waals surface area (Å²) in [7, 11) is 0. The number of carbonyl (C=O) groups is 2. The van der Waals surface area contributed by atoms with E-state index in [0.29, 0.717) is 18.3 Å². The highest BCUT2D eigenvalue weighted by atomic mass is 16.5. The van der Waals surface area contributed by atoms with E-state index in [1.54, 1.807) is 0 Å². The number of amides is 1. The normalized spacial score (nSPS) is 33.1. The first kappa shape index (κ1) is 12.0. The number of carboxylic acids is 1. The molecule has 18 heavy (non-hydrogen) atoms. The number of carboxylic acid groups (broad SMARTS) is 1. The fourth-order valence-electron chi connectivity index (χ4n) is 2.97. The third kappa shape index (κ3) is 2.23. The summed E-state index contributed by atoms with van der Waals surface area (Å²) in [5, 5.41) is 11.8. The number of hydrogen-bond donors (Lipinski definition) is 2. The number of rotatable bonds is 5. The Bertz CT molecular complexity index is 373. The van der Waals surface area contributed by atoms with E-state index in [2.05, 4.69) is 5.32 Å². The molecular formula is C13H19NO4. The molecule has 3 rings (SSSR count). The Labute approximate surface area is 106 Å². The van der Waals surface area contributed by atoms with Gasteiger partial charge in [0.25, 0.3) is 0 Å². The molecule has 3 fully saturated rings. The Morgan fingerprint density at radius 2 is 1.83 bits per heavy atom. The van der Waals surface area contributed by atoms with Crippen molar-refractivity contribution in [3.05, 3.63) is 0 Å². The number of hydrogen-bond acceptors (Lipinski definition) is 3. The molecule has 2 N–H and O–H groups in total. The minimum Gasteiger partial charge on any atom is -0.479 e. The standard InChI is InChI=1S/C13H19NO4/c15-11(9-3-4-10(18-9)12(16)17)14-7-13(5-6-13)8-1-2-8/h8-10H,1-7H2,(H,14,15)(H,16,17)/t9-,10+/m0/s1. The fraction of sp³-hybridized carbons (Fsp3) is 0.846. The summed E-state index contributed by atoms with van der Waals surface area (Å²) in [6, 6.07) is 0. The lowest BCUT2D eigenvalue weighted by Crippen LogP contribution is -2.39. The summed E-state index contributed by atoms with van der Waals surface area (Å²) in [5.41, 5.74) is 0.375. The Kier molecular flexibility index (Phi) is 2.81. The van der Waals surface area contributed by atoms with E-state index >= 15 is 0 Å². The molecule has 5 nitrogen and oxygen atoms in total. The zero-order valence-corrected chi connectivity index (χ0v) is 10.4. The number of aliphatic carboxylic acids is 1. The number of nitrogens with one attached hydrogen (secondary N) is 1. The van der Waals surface area contributed by atoms with Gasteiger partial charge in [-0.15, -0.1) is 0 Å². The van der Waals surface area contributed by atoms with Crippen LogP contribution in [-0.2, 0) is 14.3 Å².